The van der Waals surface area contributed by atoms with Gasteiger partial charge in [-0.15, -0.1) is 17.0 Å². The number of hydrogen-bond donors (Lipinski definition) is 4. The molecule has 1 aliphatic heterocycles. The van der Waals surface area contributed by atoms with Gasteiger partial charge >= 0.3 is 5.97 Å². The average molecular weight is 504 g/mol. The number of aliphatic hydroxyl groups is 1. The van der Waals surface area contributed by atoms with Crippen LogP contribution in [0.4, 0.5) is 5.69 Å². The van der Waals surface area contributed by atoms with Crippen molar-refractivity contribution in [2.75, 3.05) is 26.2 Å². The van der Waals surface area contributed by atoms with Crippen molar-refractivity contribution in [3.8, 4) is 5.75 Å². The van der Waals surface area contributed by atoms with E-state index in [1.165, 1.54) is 12.1 Å². The van der Waals surface area contributed by atoms with Gasteiger partial charge in [-0.1, -0.05) is 0 Å². The minimum absolute atomic E-state index is 0. The lowest BCUT2D eigenvalue weighted by atomic mass is 10.2. The quantitative estimate of drug-likeness (QED) is 0.137. The van der Waals surface area contributed by atoms with Crippen LogP contribution < -0.4 is 21.1 Å². The summed E-state index contributed by atoms with van der Waals surface area (Å²) in [5.41, 5.74) is 4.97. The van der Waals surface area contributed by atoms with Crippen LogP contribution in [0.15, 0.2) is 24.3 Å². The van der Waals surface area contributed by atoms with Gasteiger partial charge in [0.15, 0.2) is 0 Å². The zero-order chi connectivity index (χ0) is 22.3. The number of β-amino-alcohol motifs (C(OH)–C–C–N with tert-alkyl or cyclic N) is 1. The van der Waals surface area contributed by atoms with Crippen molar-refractivity contribution in [2.24, 2.45) is 5.73 Å². The van der Waals surface area contributed by atoms with E-state index in [0.29, 0.717) is 0 Å². The molecule has 14 heteroatoms. The van der Waals surface area contributed by atoms with Crippen molar-refractivity contribution >= 4 is 46.4 Å². The molecule has 2 atom stereocenters. The highest BCUT2D eigenvalue weighted by Gasteiger charge is 2.38. The third-order valence-electron chi connectivity index (χ3n) is 4.21. The molecular weight excluding hydrogens is 482 g/mol. The molecule has 0 bridgehead atoms. The number of nitrogens with zero attached hydrogens (tertiary/aromatic N) is 2. The summed E-state index contributed by atoms with van der Waals surface area (Å²) in [6, 6.07) is 3.78. The fraction of sp³-hybridized carbons (Fsp3) is 0.412. The predicted molar refractivity (Wildman–Crippen MR) is 110 cm³/mol. The van der Waals surface area contributed by atoms with Crippen LogP contribution in [0.3, 0.4) is 0 Å². The summed E-state index contributed by atoms with van der Waals surface area (Å²) < 4.78 is 4.97. The van der Waals surface area contributed by atoms with Crippen molar-refractivity contribution in [1.29, 1.82) is 0 Å². The van der Waals surface area contributed by atoms with Crippen molar-refractivity contribution in [2.45, 2.75) is 18.6 Å². The van der Waals surface area contributed by atoms with Crippen LogP contribution >= 0.6 is 17.0 Å². The molecule has 2 rings (SSSR count). The number of nitrogens with two attached hydrogens (primary N) is 1. The summed E-state index contributed by atoms with van der Waals surface area (Å²) in [6.45, 7) is -1.29. The number of carbonyl (C=O) groups is 4. The molecule has 3 amide bonds. The summed E-state index contributed by atoms with van der Waals surface area (Å²) >= 11 is 0. The maximum absolute atomic E-state index is 12.4. The minimum atomic E-state index is -1.02. The Labute approximate surface area is 186 Å². The van der Waals surface area contributed by atoms with E-state index in [9.17, 15) is 34.4 Å². The largest absolute Gasteiger partial charge is 0.425 e. The second-order valence-electron chi connectivity index (χ2n) is 6.38. The third kappa shape index (κ3) is 7.58. The van der Waals surface area contributed by atoms with Gasteiger partial charge in [0.25, 0.3) is 5.69 Å². The zero-order valence-electron chi connectivity index (χ0n) is 16.2. The topological polar surface area (TPSA) is 194 Å². The molecule has 0 aromatic heterocycles. The number of non-ortho nitro benzene ring substituents is 1. The molecule has 0 radical (unpaired) electrons. The van der Waals surface area contributed by atoms with E-state index in [1.54, 1.807) is 0 Å². The number of halogens is 1. The smallest absolute Gasteiger partial charge is 0.330 e. The lowest BCUT2D eigenvalue weighted by Gasteiger charge is -2.23. The van der Waals surface area contributed by atoms with Gasteiger partial charge in [-0.25, -0.2) is 4.79 Å². The highest BCUT2D eigenvalue weighted by Crippen LogP contribution is 2.19. The Balaban J connectivity index is 0.00000480. The lowest BCUT2D eigenvalue weighted by molar-refractivity contribution is -0.384. The second kappa shape index (κ2) is 11.9. The van der Waals surface area contributed by atoms with Crippen molar-refractivity contribution in [3.05, 3.63) is 34.4 Å². The van der Waals surface area contributed by atoms with E-state index < -0.39 is 47.3 Å². The van der Waals surface area contributed by atoms with Crippen LogP contribution in [0.2, 0.25) is 0 Å². The standard InChI is InChI=1S/C17H21N5O8.BrH/c18-6-14(24)19-7-15(25)21-9-11(23)5-13(21)17(27)20-8-16(26)30-12-3-1-10(2-4-12)22(28)29;/h1-4,11,13,23H,5-9,18H2,(H,19,24)(H,20,27);1H. The molecule has 1 fully saturated rings. The van der Waals surface area contributed by atoms with Crippen molar-refractivity contribution in [1.82, 2.24) is 15.5 Å². The number of nitro benzene ring substituents is 1. The van der Waals surface area contributed by atoms with E-state index in [4.69, 9.17) is 10.5 Å². The van der Waals surface area contributed by atoms with Gasteiger partial charge in [0.2, 0.25) is 17.7 Å². The molecule has 31 heavy (non-hydrogen) atoms. The molecule has 1 aromatic carbocycles. The molecule has 0 spiro atoms. The van der Waals surface area contributed by atoms with E-state index in [1.807, 2.05) is 0 Å². The van der Waals surface area contributed by atoms with Crippen LogP contribution in [-0.4, -0.2) is 76.9 Å². The minimum Gasteiger partial charge on any atom is -0.425 e. The average Bonchev–Trinajstić information content (AvgIpc) is 3.12. The van der Waals surface area contributed by atoms with Crippen LogP contribution in [0, 0.1) is 10.1 Å². The van der Waals surface area contributed by atoms with Gasteiger partial charge < -0.3 is 31.1 Å². The normalized spacial score (nSPS) is 17.3. The molecule has 13 nitrogen and oxygen atoms in total. The maximum atomic E-state index is 12.4. The van der Waals surface area contributed by atoms with Gasteiger partial charge in [0, 0.05) is 25.1 Å². The fourth-order valence-corrected chi connectivity index (χ4v) is 2.77. The van der Waals surface area contributed by atoms with Crippen LogP contribution in [-0.2, 0) is 19.2 Å². The summed E-state index contributed by atoms with van der Waals surface area (Å²) in [5.74, 6) is -2.57. The molecule has 1 heterocycles. The Bertz CT molecular complexity index is 834. The molecular formula is C17H22BrN5O8. The first-order valence-corrected chi connectivity index (χ1v) is 8.88. The number of likely N-dealkylation sites (tertiary alicyclic amines) is 1. The Hall–Kier alpha value is -3.10. The van der Waals surface area contributed by atoms with E-state index in [2.05, 4.69) is 10.6 Å². The summed E-state index contributed by atoms with van der Waals surface area (Å²) in [7, 11) is 0. The molecule has 1 aromatic rings. The number of benzene rings is 1. The molecule has 1 aliphatic rings. The van der Waals surface area contributed by atoms with Gasteiger partial charge in [-0.2, -0.15) is 0 Å². The Morgan fingerprint density at radius 2 is 1.84 bits per heavy atom. The number of hydrogen-bond acceptors (Lipinski definition) is 9. The number of carbonyl (C=O) groups excluding carboxylic acids is 4. The van der Waals surface area contributed by atoms with Crippen molar-refractivity contribution < 1.29 is 33.9 Å². The third-order valence-corrected chi connectivity index (χ3v) is 4.21. The number of esters is 1. The monoisotopic (exact) mass is 503 g/mol. The molecule has 5 N–H and O–H groups in total. The number of nitro groups is 1. The lowest BCUT2D eigenvalue weighted by Crippen LogP contribution is -2.50. The predicted octanol–water partition coefficient (Wildman–Crippen LogP) is -1.77. The Morgan fingerprint density at radius 1 is 1.19 bits per heavy atom. The molecule has 1 saturated heterocycles. The van der Waals surface area contributed by atoms with Crippen LogP contribution in [0.1, 0.15) is 6.42 Å². The summed E-state index contributed by atoms with van der Waals surface area (Å²) in [5, 5.41) is 25.0. The Kier molecular flexibility index (Phi) is 9.98. The molecule has 2 unspecified atom stereocenters. The maximum Gasteiger partial charge on any atom is 0.330 e. The van der Waals surface area contributed by atoms with Gasteiger partial charge in [0.1, 0.15) is 18.3 Å². The number of nitrogens with one attached hydrogen (secondary N) is 2. The fourth-order valence-electron chi connectivity index (χ4n) is 2.77. The number of aliphatic hydroxyl groups excluding tert-OH is 1. The molecule has 0 aliphatic carbocycles. The number of amides is 3. The van der Waals surface area contributed by atoms with Crippen molar-refractivity contribution in [3.63, 3.8) is 0 Å². The van der Waals surface area contributed by atoms with Gasteiger partial charge in [-0.3, -0.25) is 24.5 Å². The van der Waals surface area contributed by atoms with E-state index in [0.717, 1.165) is 17.0 Å². The van der Waals surface area contributed by atoms with Gasteiger partial charge in [-0.05, 0) is 12.1 Å². The summed E-state index contributed by atoms with van der Waals surface area (Å²) in [4.78, 5) is 58.8. The van der Waals surface area contributed by atoms with Crippen LogP contribution in [0.25, 0.3) is 0 Å². The number of rotatable bonds is 8. The summed E-state index contributed by atoms with van der Waals surface area (Å²) in [6.07, 6.45) is -0.957. The zero-order valence-corrected chi connectivity index (χ0v) is 17.9. The SMILES string of the molecule is Br.NCC(=O)NCC(=O)N1CC(O)CC1C(=O)NCC(=O)Oc1ccc([N+](=O)[O-])cc1. The highest BCUT2D eigenvalue weighted by atomic mass is 79.9. The van der Waals surface area contributed by atoms with Gasteiger partial charge in [0.05, 0.1) is 24.1 Å². The first kappa shape index (κ1) is 25.9. The first-order valence-electron chi connectivity index (χ1n) is 8.88. The first-order chi connectivity index (χ1) is 14.2. The molecule has 0 saturated carbocycles. The van der Waals surface area contributed by atoms with E-state index in [-0.39, 0.29) is 54.5 Å². The van der Waals surface area contributed by atoms with E-state index >= 15 is 0 Å². The second-order valence-corrected chi connectivity index (χ2v) is 6.38. The highest BCUT2D eigenvalue weighted by molar-refractivity contribution is 8.93. The molecule has 170 valence electrons. The Morgan fingerprint density at radius 3 is 2.42 bits per heavy atom. The van der Waals surface area contributed by atoms with Crippen LogP contribution in [0.5, 0.6) is 5.75 Å². The number of ether oxygens (including phenoxy) is 1.